The predicted molar refractivity (Wildman–Crippen MR) is 48.8 cm³/mol. The molecule has 1 atom stereocenters. The standard InChI is InChI=1S/C9H19NO2/c1-3-12-9(11)7-5-4-6-8(2)10/h8H,3-7,10H2,1-2H3. The fourth-order valence-corrected chi connectivity index (χ4v) is 0.969. The first-order valence-corrected chi connectivity index (χ1v) is 4.58. The lowest BCUT2D eigenvalue weighted by Gasteiger charge is -2.04. The van der Waals surface area contributed by atoms with Crippen molar-refractivity contribution < 1.29 is 9.53 Å². The molecular formula is C9H19NO2. The molecule has 72 valence electrons. The largest absolute Gasteiger partial charge is 0.466 e. The van der Waals surface area contributed by atoms with Crippen LogP contribution in [-0.4, -0.2) is 18.6 Å². The van der Waals surface area contributed by atoms with E-state index in [2.05, 4.69) is 0 Å². The first-order valence-electron chi connectivity index (χ1n) is 4.58. The Kier molecular flexibility index (Phi) is 6.76. The highest BCUT2D eigenvalue weighted by atomic mass is 16.5. The van der Waals surface area contributed by atoms with E-state index in [4.69, 9.17) is 10.5 Å². The molecule has 0 amide bonds. The predicted octanol–water partition coefficient (Wildman–Crippen LogP) is 1.46. The second-order valence-corrected chi connectivity index (χ2v) is 3.03. The molecule has 3 nitrogen and oxygen atoms in total. The second-order valence-electron chi connectivity index (χ2n) is 3.03. The van der Waals surface area contributed by atoms with Crippen molar-refractivity contribution in [2.45, 2.75) is 45.6 Å². The monoisotopic (exact) mass is 173 g/mol. The normalized spacial score (nSPS) is 12.6. The maximum atomic E-state index is 10.8. The van der Waals surface area contributed by atoms with Crippen molar-refractivity contribution in [3.05, 3.63) is 0 Å². The molecule has 12 heavy (non-hydrogen) atoms. The van der Waals surface area contributed by atoms with Crippen molar-refractivity contribution >= 4 is 5.97 Å². The smallest absolute Gasteiger partial charge is 0.305 e. The zero-order valence-electron chi connectivity index (χ0n) is 8.01. The number of esters is 1. The van der Waals surface area contributed by atoms with Gasteiger partial charge in [-0.2, -0.15) is 0 Å². The summed E-state index contributed by atoms with van der Waals surface area (Å²) in [4.78, 5) is 10.8. The van der Waals surface area contributed by atoms with E-state index in [1.165, 1.54) is 0 Å². The Balaban J connectivity index is 3.14. The van der Waals surface area contributed by atoms with E-state index in [0.29, 0.717) is 13.0 Å². The summed E-state index contributed by atoms with van der Waals surface area (Å²) < 4.78 is 4.78. The molecule has 0 saturated heterocycles. The Labute approximate surface area is 74.3 Å². The van der Waals surface area contributed by atoms with Gasteiger partial charge in [0.1, 0.15) is 0 Å². The number of ether oxygens (including phenoxy) is 1. The summed E-state index contributed by atoms with van der Waals surface area (Å²) in [5, 5.41) is 0. The molecule has 0 aromatic heterocycles. The van der Waals surface area contributed by atoms with Crippen LogP contribution in [-0.2, 0) is 9.53 Å². The van der Waals surface area contributed by atoms with Crippen LogP contribution in [0.1, 0.15) is 39.5 Å². The number of unbranched alkanes of at least 4 members (excludes halogenated alkanes) is 1. The highest BCUT2D eigenvalue weighted by molar-refractivity contribution is 5.69. The molecule has 0 fully saturated rings. The quantitative estimate of drug-likeness (QED) is 0.488. The molecule has 0 saturated carbocycles. The average molecular weight is 173 g/mol. The molecule has 2 N–H and O–H groups in total. The number of hydrogen-bond acceptors (Lipinski definition) is 3. The number of hydrogen-bond donors (Lipinski definition) is 1. The maximum absolute atomic E-state index is 10.8. The Bertz CT molecular complexity index is 124. The summed E-state index contributed by atoms with van der Waals surface area (Å²) in [5.41, 5.74) is 5.55. The zero-order valence-corrected chi connectivity index (χ0v) is 8.01. The minimum absolute atomic E-state index is 0.0952. The first-order chi connectivity index (χ1) is 5.66. The Morgan fingerprint density at radius 3 is 2.67 bits per heavy atom. The molecule has 0 bridgehead atoms. The third kappa shape index (κ3) is 7.54. The van der Waals surface area contributed by atoms with Gasteiger partial charge in [0, 0.05) is 12.5 Å². The SMILES string of the molecule is CCOC(=O)CCCCC(C)N. The summed E-state index contributed by atoms with van der Waals surface area (Å²) in [6, 6.07) is 0.243. The van der Waals surface area contributed by atoms with E-state index in [1.54, 1.807) is 0 Å². The fourth-order valence-electron chi connectivity index (χ4n) is 0.969. The van der Waals surface area contributed by atoms with E-state index < -0.39 is 0 Å². The first kappa shape index (κ1) is 11.4. The number of rotatable bonds is 6. The van der Waals surface area contributed by atoms with Crippen molar-refractivity contribution in [2.75, 3.05) is 6.61 Å². The van der Waals surface area contributed by atoms with Gasteiger partial charge in [0.2, 0.25) is 0 Å². The van der Waals surface area contributed by atoms with Crippen LogP contribution in [0.4, 0.5) is 0 Å². The van der Waals surface area contributed by atoms with Crippen LogP contribution in [0.2, 0.25) is 0 Å². The highest BCUT2D eigenvalue weighted by Gasteiger charge is 2.01. The van der Waals surface area contributed by atoms with Crippen LogP contribution in [0.25, 0.3) is 0 Å². The lowest BCUT2D eigenvalue weighted by Crippen LogP contribution is -2.14. The zero-order chi connectivity index (χ0) is 9.40. The van der Waals surface area contributed by atoms with Gasteiger partial charge in [-0.15, -0.1) is 0 Å². The minimum atomic E-state index is -0.0952. The number of carbonyl (C=O) groups excluding carboxylic acids is 1. The second kappa shape index (κ2) is 7.10. The molecule has 0 heterocycles. The number of nitrogens with two attached hydrogens (primary N) is 1. The van der Waals surface area contributed by atoms with E-state index in [-0.39, 0.29) is 12.0 Å². The van der Waals surface area contributed by atoms with Gasteiger partial charge >= 0.3 is 5.97 Å². The maximum Gasteiger partial charge on any atom is 0.305 e. The summed E-state index contributed by atoms with van der Waals surface area (Å²) in [7, 11) is 0. The van der Waals surface area contributed by atoms with Crippen molar-refractivity contribution in [3.8, 4) is 0 Å². The third-order valence-electron chi connectivity index (χ3n) is 1.60. The molecule has 0 aromatic carbocycles. The summed E-state index contributed by atoms with van der Waals surface area (Å²) in [6.07, 6.45) is 3.41. The summed E-state index contributed by atoms with van der Waals surface area (Å²) in [5.74, 6) is -0.0952. The van der Waals surface area contributed by atoms with Crippen molar-refractivity contribution in [1.29, 1.82) is 0 Å². The Morgan fingerprint density at radius 1 is 1.50 bits per heavy atom. The van der Waals surface area contributed by atoms with Gasteiger partial charge in [-0.25, -0.2) is 0 Å². The molecule has 0 spiro atoms. The van der Waals surface area contributed by atoms with Crippen LogP contribution in [0.3, 0.4) is 0 Å². The molecule has 0 radical (unpaired) electrons. The van der Waals surface area contributed by atoms with Crippen LogP contribution in [0, 0.1) is 0 Å². The van der Waals surface area contributed by atoms with E-state index in [1.807, 2.05) is 13.8 Å². The van der Waals surface area contributed by atoms with Gasteiger partial charge in [-0.1, -0.05) is 6.42 Å². The van der Waals surface area contributed by atoms with Gasteiger partial charge in [0.15, 0.2) is 0 Å². The third-order valence-corrected chi connectivity index (χ3v) is 1.60. The molecule has 0 aliphatic heterocycles. The molecule has 0 aliphatic carbocycles. The summed E-state index contributed by atoms with van der Waals surface area (Å²) >= 11 is 0. The van der Waals surface area contributed by atoms with Crippen molar-refractivity contribution in [1.82, 2.24) is 0 Å². The van der Waals surface area contributed by atoms with E-state index in [9.17, 15) is 4.79 Å². The molecule has 0 aliphatic rings. The average Bonchev–Trinajstić information content (AvgIpc) is 1.98. The van der Waals surface area contributed by atoms with E-state index in [0.717, 1.165) is 19.3 Å². The molecule has 1 unspecified atom stereocenters. The van der Waals surface area contributed by atoms with Crippen LogP contribution < -0.4 is 5.73 Å². The van der Waals surface area contributed by atoms with Gasteiger partial charge < -0.3 is 10.5 Å². The van der Waals surface area contributed by atoms with Crippen LogP contribution >= 0.6 is 0 Å². The summed E-state index contributed by atoms with van der Waals surface area (Å²) in [6.45, 7) is 4.27. The molecule has 0 aromatic rings. The Hall–Kier alpha value is -0.570. The molecule has 3 heteroatoms. The van der Waals surface area contributed by atoms with Gasteiger partial charge in [-0.3, -0.25) is 4.79 Å². The van der Waals surface area contributed by atoms with Crippen LogP contribution in [0.15, 0.2) is 0 Å². The van der Waals surface area contributed by atoms with Gasteiger partial charge in [0.05, 0.1) is 6.61 Å². The molecule has 0 rings (SSSR count). The lowest BCUT2D eigenvalue weighted by molar-refractivity contribution is -0.143. The molecular weight excluding hydrogens is 154 g/mol. The van der Waals surface area contributed by atoms with Crippen LogP contribution in [0.5, 0.6) is 0 Å². The minimum Gasteiger partial charge on any atom is -0.466 e. The number of carbonyl (C=O) groups is 1. The van der Waals surface area contributed by atoms with Gasteiger partial charge in [0.25, 0.3) is 0 Å². The topological polar surface area (TPSA) is 52.3 Å². The van der Waals surface area contributed by atoms with Crippen molar-refractivity contribution in [3.63, 3.8) is 0 Å². The Morgan fingerprint density at radius 2 is 2.17 bits per heavy atom. The lowest BCUT2D eigenvalue weighted by atomic mass is 10.1. The van der Waals surface area contributed by atoms with Gasteiger partial charge in [-0.05, 0) is 26.7 Å². The van der Waals surface area contributed by atoms with Crippen molar-refractivity contribution in [2.24, 2.45) is 5.73 Å². The van der Waals surface area contributed by atoms with E-state index >= 15 is 0 Å². The fraction of sp³-hybridized carbons (Fsp3) is 0.889. The highest BCUT2D eigenvalue weighted by Crippen LogP contribution is 2.02.